The van der Waals surface area contributed by atoms with Crippen LogP contribution in [0.4, 0.5) is 5.82 Å². The first kappa shape index (κ1) is 12.4. The third-order valence-electron chi connectivity index (χ3n) is 1.34. The maximum absolute atomic E-state index is 11.4. The summed E-state index contributed by atoms with van der Waals surface area (Å²) in [7, 11) is -3.53. The normalized spacial score (nSPS) is 11.7. The first-order valence-electron chi connectivity index (χ1n) is 4.32. The number of hydrogen-bond acceptors (Lipinski definition) is 3. The summed E-state index contributed by atoms with van der Waals surface area (Å²) in [5.41, 5.74) is 0. The van der Waals surface area contributed by atoms with Crippen LogP contribution in [0.2, 0.25) is 0 Å². The molecule has 0 fully saturated rings. The summed E-state index contributed by atoms with van der Waals surface area (Å²) in [4.78, 5) is 3.95. The van der Waals surface area contributed by atoms with Gasteiger partial charge in [0.05, 0.1) is 0 Å². The van der Waals surface area contributed by atoms with Crippen LogP contribution in [0.5, 0.6) is 0 Å². The highest BCUT2D eigenvalue weighted by atomic mass is 79.9. The molecule has 5 nitrogen and oxygen atoms in total. The molecule has 2 N–H and O–H groups in total. The number of aromatic nitrogens is 1. The Bertz CT molecular complexity index is 433. The largest absolute Gasteiger partial charge is 0.300 e. The van der Waals surface area contributed by atoms with Crippen molar-refractivity contribution in [2.24, 2.45) is 0 Å². The Balaban J connectivity index is 2.78. The van der Waals surface area contributed by atoms with Crippen LogP contribution in [0.3, 0.4) is 0 Å². The van der Waals surface area contributed by atoms with Crippen molar-refractivity contribution in [1.29, 1.82) is 0 Å². The third kappa shape index (κ3) is 4.59. The van der Waals surface area contributed by atoms with Gasteiger partial charge in [0.25, 0.3) is 10.2 Å². The van der Waals surface area contributed by atoms with Crippen molar-refractivity contribution in [3.63, 3.8) is 0 Å². The van der Waals surface area contributed by atoms with E-state index in [9.17, 15) is 8.42 Å². The van der Waals surface area contributed by atoms with E-state index in [4.69, 9.17) is 0 Å². The molecule has 0 unspecified atom stereocenters. The second-order valence-corrected chi connectivity index (χ2v) is 5.48. The lowest BCUT2D eigenvalue weighted by molar-refractivity contribution is 0.575. The zero-order chi connectivity index (χ0) is 11.5. The number of nitrogens with zero attached hydrogens (tertiary/aromatic N) is 1. The van der Waals surface area contributed by atoms with Gasteiger partial charge < -0.3 is 0 Å². The molecule has 0 bridgehead atoms. The predicted molar refractivity (Wildman–Crippen MR) is 62.8 cm³/mol. The molecule has 1 rings (SSSR count). The van der Waals surface area contributed by atoms with Crippen LogP contribution in [0, 0.1) is 0 Å². The van der Waals surface area contributed by atoms with Crippen LogP contribution in [-0.4, -0.2) is 19.4 Å². The smallest absolute Gasteiger partial charge is 0.255 e. The fourth-order valence-electron chi connectivity index (χ4n) is 0.943. The van der Waals surface area contributed by atoms with Crippen molar-refractivity contribution in [3.05, 3.63) is 22.8 Å². The highest BCUT2D eigenvalue weighted by Gasteiger charge is 2.11. The molecular weight excluding hydrogens is 282 g/mol. The molecule has 0 saturated carbocycles. The van der Waals surface area contributed by atoms with Gasteiger partial charge in [0.15, 0.2) is 0 Å². The van der Waals surface area contributed by atoms with Crippen molar-refractivity contribution >= 4 is 32.0 Å². The SMILES string of the molecule is CC(C)NS(=O)(=O)Nc1cccc(Br)n1. The molecule has 7 heteroatoms. The molecule has 1 heterocycles. The lowest BCUT2D eigenvalue weighted by atomic mass is 10.4. The van der Waals surface area contributed by atoms with E-state index in [-0.39, 0.29) is 11.9 Å². The number of hydrogen-bond donors (Lipinski definition) is 2. The average molecular weight is 294 g/mol. The Kier molecular flexibility index (Phi) is 4.06. The first-order valence-corrected chi connectivity index (χ1v) is 6.59. The summed E-state index contributed by atoms with van der Waals surface area (Å²) in [5, 5.41) is 0. The second-order valence-electron chi connectivity index (χ2n) is 3.22. The molecule has 0 radical (unpaired) electrons. The van der Waals surface area contributed by atoms with Crippen LogP contribution < -0.4 is 9.44 Å². The van der Waals surface area contributed by atoms with E-state index < -0.39 is 10.2 Å². The van der Waals surface area contributed by atoms with Gasteiger partial charge in [0.2, 0.25) is 0 Å². The standard InChI is InChI=1S/C8H12BrN3O2S/c1-6(2)11-15(13,14)12-8-5-3-4-7(9)10-8/h3-6,11H,1-2H3,(H,10,12). The molecule has 0 aliphatic heterocycles. The van der Waals surface area contributed by atoms with Crippen LogP contribution in [0.15, 0.2) is 22.8 Å². The maximum Gasteiger partial charge on any atom is 0.300 e. The van der Waals surface area contributed by atoms with E-state index in [0.29, 0.717) is 4.60 Å². The highest BCUT2D eigenvalue weighted by molar-refractivity contribution is 9.10. The molecule has 0 amide bonds. The van der Waals surface area contributed by atoms with Crippen molar-refractivity contribution < 1.29 is 8.42 Å². The van der Waals surface area contributed by atoms with E-state index in [0.717, 1.165) is 0 Å². The topological polar surface area (TPSA) is 71.1 Å². The summed E-state index contributed by atoms with van der Waals surface area (Å²) >= 11 is 3.15. The Morgan fingerprint density at radius 2 is 2.07 bits per heavy atom. The number of nitrogens with one attached hydrogen (secondary N) is 2. The molecule has 0 atom stereocenters. The zero-order valence-corrected chi connectivity index (χ0v) is 10.8. The lowest BCUT2D eigenvalue weighted by Gasteiger charge is -2.10. The minimum Gasteiger partial charge on any atom is -0.255 e. The second kappa shape index (κ2) is 4.91. The van der Waals surface area contributed by atoms with Crippen LogP contribution in [-0.2, 0) is 10.2 Å². The monoisotopic (exact) mass is 293 g/mol. The molecule has 0 spiro atoms. The van der Waals surface area contributed by atoms with E-state index in [1.54, 1.807) is 32.0 Å². The molecule has 1 aromatic heterocycles. The minimum absolute atomic E-state index is 0.158. The molecule has 1 aromatic rings. The highest BCUT2D eigenvalue weighted by Crippen LogP contribution is 2.10. The summed E-state index contributed by atoms with van der Waals surface area (Å²) < 4.78 is 28.2. The Morgan fingerprint density at radius 1 is 1.40 bits per heavy atom. The lowest BCUT2D eigenvalue weighted by Crippen LogP contribution is -2.35. The number of rotatable bonds is 4. The molecule has 15 heavy (non-hydrogen) atoms. The molecule has 0 aliphatic rings. The molecule has 0 saturated heterocycles. The summed E-state index contributed by atoms with van der Waals surface area (Å²) in [5.74, 6) is 0.275. The quantitative estimate of drug-likeness (QED) is 0.827. The van der Waals surface area contributed by atoms with Gasteiger partial charge >= 0.3 is 0 Å². The van der Waals surface area contributed by atoms with Gasteiger partial charge in [0.1, 0.15) is 10.4 Å². The van der Waals surface area contributed by atoms with Crippen LogP contribution in [0.25, 0.3) is 0 Å². The Hall–Kier alpha value is -0.660. The maximum atomic E-state index is 11.4. The predicted octanol–water partition coefficient (Wildman–Crippen LogP) is 1.50. The van der Waals surface area contributed by atoms with E-state index in [1.165, 1.54) is 0 Å². The third-order valence-corrected chi connectivity index (χ3v) is 3.05. The first-order chi connectivity index (χ1) is 6.89. The van der Waals surface area contributed by atoms with Gasteiger partial charge in [-0.25, -0.2) is 4.98 Å². The Morgan fingerprint density at radius 3 is 2.60 bits per heavy atom. The van der Waals surface area contributed by atoms with Crippen molar-refractivity contribution in [3.8, 4) is 0 Å². The van der Waals surface area contributed by atoms with Crippen molar-refractivity contribution in [1.82, 2.24) is 9.71 Å². The zero-order valence-electron chi connectivity index (χ0n) is 8.36. The van der Waals surface area contributed by atoms with E-state index in [2.05, 4.69) is 30.4 Å². The van der Waals surface area contributed by atoms with E-state index >= 15 is 0 Å². The summed E-state index contributed by atoms with van der Waals surface area (Å²) in [6.07, 6.45) is 0. The van der Waals surface area contributed by atoms with Gasteiger partial charge in [-0.05, 0) is 41.9 Å². The van der Waals surface area contributed by atoms with Gasteiger partial charge in [-0.1, -0.05) is 6.07 Å². The minimum atomic E-state index is -3.53. The molecule has 84 valence electrons. The summed E-state index contributed by atoms with van der Waals surface area (Å²) in [6.45, 7) is 3.49. The van der Waals surface area contributed by atoms with E-state index in [1.807, 2.05) is 0 Å². The average Bonchev–Trinajstić information content (AvgIpc) is 1.99. The number of anilines is 1. The fraction of sp³-hybridized carbons (Fsp3) is 0.375. The molecular formula is C8H12BrN3O2S. The van der Waals surface area contributed by atoms with Gasteiger partial charge in [-0.3, -0.25) is 4.72 Å². The van der Waals surface area contributed by atoms with Crippen LogP contribution in [0.1, 0.15) is 13.8 Å². The molecule has 0 aromatic carbocycles. The van der Waals surface area contributed by atoms with Crippen LogP contribution >= 0.6 is 15.9 Å². The number of halogens is 1. The Labute approximate surface area is 97.6 Å². The summed E-state index contributed by atoms with van der Waals surface area (Å²) in [6, 6.07) is 4.83. The van der Waals surface area contributed by atoms with Gasteiger partial charge in [-0.2, -0.15) is 13.1 Å². The van der Waals surface area contributed by atoms with Crippen molar-refractivity contribution in [2.75, 3.05) is 4.72 Å². The van der Waals surface area contributed by atoms with Crippen molar-refractivity contribution in [2.45, 2.75) is 19.9 Å². The fourth-order valence-corrected chi connectivity index (χ4v) is 2.35. The molecule has 0 aliphatic carbocycles. The van der Waals surface area contributed by atoms with Gasteiger partial charge in [0, 0.05) is 6.04 Å². The number of pyridine rings is 1. The van der Waals surface area contributed by atoms with Gasteiger partial charge in [-0.15, -0.1) is 0 Å².